The topological polar surface area (TPSA) is 18.5 Å². The van der Waals surface area contributed by atoms with Gasteiger partial charge in [-0.1, -0.05) is 0 Å². The average molecular weight is 374 g/mol. The summed E-state index contributed by atoms with van der Waals surface area (Å²) < 4.78 is 13.8. The van der Waals surface area contributed by atoms with Crippen molar-refractivity contribution in [3.63, 3.8) is 0 Å². The second-order valence-electron chi connectivity index (χ2n) is 5.19. The second-order valence-corrected chi connectivity index (χ2v) is 6.77. The van der Waals surface area contributed by atoms with Gasteiger partial charge in [0.1, 0.15) is 17.0 Å². The molecule has 2 heterocycles. The number of halogens is 2. The Labute approximate surface area is 124 Å². The first-order chi connectivity index (χ1) is 8.34. The van der Waals surface area contributed by atoms with Crippen LogP contribution in [0.1, 0.15) is 30.5 Å². The highest BCUT2D eigenvalue weighted by molar-refractivity contribution is 9.13. The number of rotatable bonds is 1. The zero-order valence-corrected chi connectivity index (χ0v) is 13.9. The molecule has 1 aromatic carbocycles. The minimum Gasteiger partial charge on any atom is -0.495 e. The van der Waals surface area contributed by atoms with Crippen LogP contribution in [0.3, 0.4) is 0 Å². The van der Waals surface area contributed by atoms with E-state index in [-0.39, 0.29) is 11.2 Å². The van der Waals surface area contributed by atoms with Crippen molar-refractivity contribution < 1.29 is 9.47 Å². The van der Waals surface area contributed by atoms with E-state index in [1.165, 1.54) is 11.1 Å². The van der Waals surface area contributed by atoms with Crippen LogP contribution in [0, 0.1) is 6.92 Å². The number of hydrogen-bond acceptors (Lipinski definition) is 2. The summed E-state index contributed by atoms with van der Waals surface area (Å²) in [7, 11) is 1.70. The van der Waals surface area contributed by atoms with E-state index in [9.17, 15) is 0 Å². The first-order valence-electron chi connectivity index (χ1n) is 5.81. The molecular weight excluding hydrogens is 360 g/mol. The molecule has 2 aliphatic rings. The summed E-state index contributed by atoms with van der Waals surface area (Å²) in [5.41, 5.74) is 2.84. The van der Waals surface area contributed by atoms with Crippen molar-refractivity contribution in [3.05, 3.63) is 37.8 Å². The monoisotopic (exact) mass is 372 g/mol. The molecule has 96 valence electrons. The summed E-state index contributed by atoms with van der Waals surface area (Å²) in [5.74, 6) is 0.859. The van der Waals surface area contributed by atoms with Gasteiger partial charge in [-0.3, -0.25) is 0 Å². The highest BCUT2D eigenvalue weighted by atomic mass is 79.9. The lowest BCUT2D eigenvalue weighted by molar-refractivity contribution is -0.0501. The van der Waals surface area contributed by atoms with Crippen LogP contribution < -0.4 is 4.74 Å². The van der Waals surface area contributed by atoms with Crippen LogP contribution in [0.25, 0.3) is 0 Å². The molecule has 0 saturated heterocycles. The highest BCUT2D eigenvalue weighted by Gasteiger charge is 2.54. The summed E-state index contributed by atoms with van der Waals surface area (Å²) >= 11 is 7.24. The molecular formula is C14H14Br2O2. The van der Waals surface area contributed by atoms with Crippen LogP contribution in [0.5, 0.6) is 5.75 Å². The van der Waals surface area contributed by atoms with E-state index in [1.807, 2.05) is 0 Å². The lowest BCUT2D eigenvalue weighted by Crippen LogP contribution is -2.17. The van der Waals surface area contributed by atoms with Crippen LogP contribution in [-0.2, 0) is 15.9 Å². The van der Waals surface area contributed by atoms with Crippen LogP contribution in [0.2, 0.25) is 0 Å². The molecule has 2 aliphatic heterocycles. The molecule has 0 aliphatic carbocycles. The maximum Gasteiger partial charge on any atom is 0.141 e. The predicted octanol–water partition coefficient (Wildman–Crippen LogP) is 4.56. The number of hydrogen-bond donors (Lipinski definition) is 0. The fourth-order valence-corrected chi connectivity index (χ4v) is 4.20. The van der Waals surface area contributed by atoms with E-state index in [2.05, 4.69) is 64.8 Å². The SMILES string of the molecule is COc1c(Br)c(Br)c(C)c2c1C1(C)C=CC2(C)O1. The Hall–Kier alpha value is -0.320. The predicted molar refractivity (Wildman–Crippen MR) is 78.1 cm³/mol. The van der Waals surface area contributed by atoms with E-state index >= 15 is 0 Å². The minimum atomic E-state index is -0.386. The molecule has 0 aromatic heterocycles. The molecule has 2 nitrogen and oxygen atoms in total. The summed E-state index contributed by atoms with van der Waals surface area (Å²) in [5, 5.41) is 0. The Morgan fingerprint density at radius 3 is 2.17 bits per heavy atom. The summed E-state index contributed by atoms with van der Waals surface area (Å²) in [4.78, 5) is 0. The number of ether oxygens (including phenoxy) is 2. The van der Waals surface area contributed by atoms with Crippen molar-refractivity contribution in [3.8, 4) is 5.75 Å². The fraction of sp³-hybridized carbons (Fsp3) is 0.429. The third kappa shape index (κ3) is 1.32. The van der Waals surface area contributed by atoms with Gasteiger partial charge in [0.2, 0.25) is 0 Å². The van der Waals surface area contributed by atoms with Gasteiger partial charge in [0.15, 0.2) is 0 Å². The van der Waals surface area contributed by atoms with Crippen molar-refractivity contribution in [2.45, 2.75) is 32.0 Å². The fourth-order valence-electron chi connectivity index (χ4n) is 3.17. The Morgan fingerprint density at radius 2 is 1.61 bits per heavy atom. The standard InChI is InChI=1S/C14H14Br2O2/c1-7-8-9(12(17-4)11(16)10(7)15)14(3)6-5-13(8,2)18-14/h5-6H,1-4H3. The third-order valence-electron chi connectivity index (χ3n) is 3.91. The number of methoxy groups -OCH3 is 1. The minimum absolute atomic E-state index is 0.343. The van der Waals surface area contributed by atoms with Gasteiger partial charge in [-0.25, -0.2) is 0 Å². The summed E-state index contributed by atoms with van der Waals surface area (Å²) in [6.07, 6.45) is 4.26. The number of fused-ring (bicyclic) bond motifs is 5. The zero-order valence-electron chi connectivity index (χ0n) is 10.7. The Bertz CT molecular complexity index is 594. The van der Waals surface area contributed by atoms with Gasteiger partial charge in [0.05, 0.1) is 11.6 Å². The molecule has 18 heavy (non-hydrogen) atoms. The van der Waals surface area contributed by atoms with Crippen LogP contribution in [0.15, 0.2) is 21.1 Å². The van der Waals surface area contributed by atoms with Gasteiger partial charge in [0.25, 0.3) is 0 Å². The largest absolute Gasteiger partial charge is 0.495 e. The maximum absolute atomic E-state index is 6.22. The van der Waals surface area contributed by atoms with Gasteiger partial charge < -0.3 is 9.47 Å². The first kappa shape index (κ1) is 12.7. The normalized spacial score (nSPS) is 31.9. The van der Waals surface area contributed by atoms with Crippen LogP contribution in [-0.4, -0.2) is 7.11 Å². The summed E-state index contributed by atoms with van der Waals surface area (Å²) in [6, 6.07) is 0. The molecule has 0 amide bonds. The molecule has 2 bridgehead atoms. The first-order valence-corrected chi connectivity index (χ1v) is 7.40. The Morgan fingerprint density at radius 1 is 1.06 bits per heavy atom. The Balaban J connectivity index is 2.46. The molecule has 0 saturated carbocycles. The van der Waals surface area contributed by atoms with E-state index in [4.69, 9.17) is 9.47 Å². The second kappa shape index (κ2) is 3.62. The van der Waals surface area contributed by atoms with Crippen molar-refractivity contribution in [2.75, 3.05) is 7.11 Å². The van der Waals surface area contributed by atoms with E-state index in [0.29, 0.717) is 0 Å². The molecule has 0 fully saturated rings. The molecule has 1 aromatic rings. The van der Waals surface area contributed by atoms with Crippen molar-refractivity contribution in [2.24, 2.45) is 0 Å². The van der Waals surface area contributed by atoms with E-state index < -0.39 is 0 Å². The Kier molecular flexibility index (Phi) is 2.55. The molecule has 0 N–H and O–H groups in total. The van der Waals surface area contributed by atoms with Crippen LogP contribution in [0.4, 0.5) is 0 Å². The van der Waals surface area contributed by atoms with Crippen molar-refractivity contribution in [1.82, 2.24) is 0 Å². The molecule has 2 unspecified atom stereocenters. The lowest BCUT2D eigenvalue weighted by atomic mass is 9.80. The van der Waals surface area contributed by atoms with Crippen molar-refractivity contribution >= 4 is 31.9 Å². The summed E-state index contributed by atoms with van der Waals surface area (Å²) in [6.45, 7) is 6.30. The molecule has 0 radical (unpaired) electrons. The smallest absolute Gasteiger partial charge is 0.141 e. The average Bonchev–Trinajstić information content (AvgIpc) is 2.74. The van der Waals surface area contributed by atoms with E-state index in [0.717, 1.165) is 20.3 Å². The van der Waals surface area contributed by atoms with Crippen molar-refractivity contribution in [1.29, 1.82) is 0 Å². The molecule has 2 atom stereocenters. The van der Waals surface area contributed by atoms with Gasteiger partial charge in [-0.15, -0.1) is 0 Å². The number of benzene rings is 1. The van der Waals surface area contributed by atoms with Gasteiger partial charge >= 0.3 is 0 Å². The van der Waals surface area contributed by atoms with Gasteiger partial charge in [-0.2, -0.15) is 0 Å². The highest BCUT2D eigenvalue weighted by Crippen LogP contribution is 2.60. The van der Waals surface area contributed by atoms with Gasteiger partial charge in [-0.05, 0) is 70.3 Å². The third-order valence-corrected chi connectivity index (χ3v) is 6.19. The lowest BCUT2D eigenvalue weighted by Gasteiger charge is -2.24. The van der Waals surface area contributed by atoms with Gasteiger partial charge in [0, 0.05) is 15.6 Å². The quantitative estimate of drug-likeness (QED) is 0.672. The maximum atomic E-state index is 6.22. The zero-order chi connectivity index (χ0) is 13.3. The molecule has 0 spiro atoms. The molecule has 3 rings (SSSR count). The van der Waals surface area contributed by atoms with Crippen LogP contribution >= 0.6 is 31.9 Å². The molecule has 4 heteroatoms. The van der Waals surface area contributed by atoms with E-state index in [1.54, 1.807) is 7.11 Å².